The normalized spacial score (nSPS) is 13.8. The van der Waals surface area contributed by atoms with Crippen molar-refractivity contribution in [3.8, 4) is 23.0 Å². The first-order valence-electron chi connectivity index (χ1n) is 8.41. The quantitative estimate of drug-likeness (QED) is 0.602. The lowest BCUT2D eigenvalue weighted by atomic mass is 10.2. The van der Waals surface area contributed by atoms with Crippen molar-refractivity contribution >= 4 is 17.6 Å². The summed E-state index contributed by atoms with van der Waals surface area (Å²) in [7, 11) is 0. The van der Waals surface area contributed by atoms with Crippen molar-refractivity contribution in [2.45, 2.75) is 13.0 Å². The van der Waals surface area contributed by atoms with Gasteiger partial charge in [0.1, 0.15) is 19.0 Å². The molecule has 0 saturated carbocycles. The van der Waals surface area contributed by atoms with Crippen LogP contribution in [0.2, 0.25) is 5.02 Å². The van der Waals surface area contributed by atoms with Crippen LogP contribution in [0.3, 0.4) is 0 Å². The van der Waals surface area contributed by atoms with Crippen LogP contribution in [0.1, 0.15) is 29.3 Å². The van der Waals surface area contributed by atoms with Crippen LogP contribution in [0, 0.1) is 5.82 Å². The number of fused-ring (bicyclic) bond motifs is 1. The van der Waals surface area contributed by atoms with Crippen LogP contribution in [0.25, 0.3) is 11.5 Å². The van der Waals surface area contributed by atoms with Crippen LogP contribution in [0.15, 0.2) is 40.8 Å². The van der Waals surface area contributed by atoms with Gasteiger partial charge in [-0.2, -0.15) is 0 Å². The highest BCUT2D eigenvalue weighted by Crippen LogP contribution is 2.38. The van der Waals surface area contributed by atoms with Crippen LogP contribution in [0.4, 0.5) is 4.39 Å². The molecule has 1 aliphatic heterocycles. The number of aromatic nitrogens is 2. The Bertz CT molecular complexity index is 1020. The van der Waals surface area contributed by atoms with E-state index in [0.29, 0.717) is 30.3 Å². The zero-order chi connectivity index (χ0) is 19.7. The Labute approximate surface area is 164 Å². The van der Waals surface area contributed by atoms with Gasteiger partial charge in [0.15, 0.2) is 17.6 Å². The molecule has 0 bridgehead atoms. The third-order valence-electron chi connectivity index (χ3n) is 4.00. The van der Waals surface area contributed by atoms with Crippen molar-refractivity contribution in [2.75, 3.05) is 13.2 Å². The van der Waals surface area contributed by atoms with Crippen LogP contribution in [0.5, 0.6) is 11.5 Å². The summed E-state index contributed by atoms with van der Waals surface area (Å²) in [6, 6.07) is 8.55. The highest BCUT2D eigenvalue weighted by Gasteiger charge is 2.23. The lowest BCUT2D eigenvalue weighted by Crippen LogP contribution is -2.17. The van der Waals surface area contributed by atoms with Crippen LogP contribution in [-0.4, -0.2) is 29.4 Å². The number of rotatable bonds is 4. The fraction of sp³-hybridized carbons (Fsp3) is 0.211. The van der Waals surface area contributed by atoms with Crippen molar-refractivity contribution in [3.63, 3.8) is 0 Å². The van der Waals surface area contributed by atoms with Crippen LogP contribution >= 0.6 is 11.6 Å². The van der Waals surface area contributed by atoms with Crippen molar-refractivity contribution in [1.29, 1.82) is 0 Å². The molecule has 3 aromatic rings. The molecule has 2 heterocycles. The van der Waals surface area contributed by atoms with E-state index in [1.165, 1.54) is 36.4 Å². The van der Waals surface area contributed by atoms with E-state index in [0.717, 1.165) is 0 Å². The SMILES string of the molecule is C[C@H](OC(=O)c1cc(Cl)c2c(c1)OCCO2)c1nnc(-c2ccc(F)cc2)o1. The zero-order valence-electron chi connectivity index (χ0n) is 14.6. The predicted molar refractivity (Wildman–Crippen MR) is 96.0 cm³/mol. The Hall–Kier alpha value is -3.13. The van der Waals surface area contributed by atoms with Gasteiger partial charge in [0.2, 0.25) is 5.89 Å². The van der Waals surface area contributed by atoms with E-state index in [1.54, 1.807) is 6.92 Å². The molecule has 0 aliphatic carbocycles. The van der Waals surface area contributed by atoms with E-state index >= 15 is 0 Å². The van der Waals surface area contributed by atoms with Gasteiger partial charge in [-0.05, 0) is 43.3 Å². The molecule has 1 aliphatic rings. The molecule has 0 spiro atoms. The van der Waals surface area contributed by atoms with Gasteiger partial charge in [0, 0.05) is 5.56 Å². The Kier molecular flexibility index (Phi) is 4.87. The van der Waals surface area contributed by atoms with Crippen LogP contribution in [-0.2, 0) is 4.74 Å². The standard InChI is InChI=1S/C19H14ClFN2O5/c1-10(17-22-23-18(28-17)11-2-4-13(21)5-3-11)27-19(24)12-8-14(20)16-15(9-12)25-6-7-26-16/h2-5,8-10H,6-7H2,1H3/t10-/m0/s1. The minimum atomic E-state index is -0.804. The Morgan fingerprint density at radius 2 is 1.93 bits per heavy atom. The van der Waals surface area contributed by atoms with E-state index in [2.05, 4.69) is 10.2 Å². The second-order valence-corrected chi connectivity index (χ2v) is 6.39. The average Bonchev–Trinajstić information content (AvgIpc) is 3.19. The van der Waals surface area contributed by atoms with E-state index in [-0.39, 0.29) is 28.2 Å². The number of hydrogen-bond acceptors (Lipinski definition) is 7. The molecule has 9 heteroatoms. The number of carbonyl (C=O) groups is 1. The summed E-state index contributed by atoms with van der Waals surface area (Å²) >= 11 is 6.15. The van der Waals surface area contributed by atoms with Gasteiger partial charge in [-0.1, -0.05) is 11.6 Å². The molecule has 144 valence electrons. The van der Waals surface area contributed by atoms with Gasteiger partial charge in [-0.25, -0.2) is 9.18 Å². The third kappa shape index (κ3) is 3.63. The zero-order valence-corrected chi connectivity index (χ0v) is 15.4. The second kappa shape index (κ2) is 7.47. The summed E-state index contributed by atoms with van der Waals surface area (Å²) < 4.78 is 34.8. The van der Waals surface area contributed by atoms with E-state index in [4.69, 9.17) is 30.2 Å². The van der Waals surface area contributed by atoms with E-state index in [1.807, 2.05) is 0 Å². The minimum Gasteiger partial charge on any atom is -0.486 e. The van der Waals surface area contributed by atoms with E-state index in [9.17, 15) is 9.18 Å². The largest absolute Gasteiger partial charge is 0.486 e. The van der Waals surface area contributed by atoms with E-state index < -0.39 is 12.1 Å². The fourth-order valence-corrected chi connectivity index (χ4v) is 2.88. The summed E-state index contributed by atoms with van der Waals surface area (Å²) in [5, 5.41) is 8.05. The molecule has 28 heavy (non-hydrogen) atoms. The van der Waals surface area contributed by atoms with Gasteiger partial charge in [0.05, 0.1) is 10.6 Å². The molecule has 0 unspecified atom stereocenters. The third-order valence-corrected chi connectivity index (χ3v) is 4.28. The molecule has 0 amide bonds. The molecule has 0 radical (unpaired) electrons. The molecule has 0 N–H and O–H groups in total. The summed E-state index contributed by atoms with van der Waals surface area (Å²) in [5.41, 5.74) is 0.761. The van der Waals surface area contributed by atoms with Crippen molar-refractivity contribution in [3.05, 3.63) is 58.7 Å². The molecule has 0 saturated heterocycles. The summed E-state index contributed by atoms with van der Waals surface area (Å²) in [4.78, 5) is 12.5. The Balaban J connectivity index is 1.49. The lowest BCUT2D eigenvalue weighted by molar-refractivity contribution is 0.0279. The average molecular weight is 405 g/mol. The number of halogens is 2. The number of hydrogen-bond donors (Lipinski definition) is 0. The van der Waals surface area contributed by atoms with Crippen LogP contribution < -0.4 is 9.47 Å². The van der Waals surface area contributed by atoms with Gasteiger partial charge >= 0.3 is 5.97 Å². The monoisotopic (exact) mass is 404 g/mol. The highest BCUT2D eigenvalue weighted by atomic mass is 35.5. The minimum absolute atomic E-state index is 0.108. The first-order chi connectivity index (χ1) is 13.5. The molecular weight excluding hydrogens is 391 g/mol. The number of nitrogens with zero attached hydrogens (tertiary/aromatic N) is 2. The topological polar surface area (TPSA) is 83.7 Å². The smallest absolute Gasteiger partial charge is 0.339 e. The maximum absolute atomic E-state index is 13.0. The molecule has 4 rings (SSSR count). The highest BCUT2D eigenvalue weighted by molar-refractivity contribution is 6.32. The Morgan fingerprint density at radius 1 is 1.18 bits per heavy atom. The molecule has 2 aromatic carbocycles. The maximum Gasteiger partial charge on any atom is 0.339 e. The van der Waals surface area contributed by atoms with Crippen molar-refractivity contribution in [1.82, 2.24) is 10.2 Å². The number of benzene rings is 2. The van der Waals surface area contributed by atoms with Crippen molar-refractivity contribution in [2.24, 2.45) is 0 Å². The van der Waals surface area contributed by atoms with Gasteiger partial charge in [-0.3, -0.25) is 0 Å². The summed E-state index contributed by atoms with van der Waals surface area (Å²) in [6.07, 6.45) is -0.804. The molecule has 1 aromatic heterocycles. The Morgan fingerprint density at radius 3 is 2.71 bits per heavy atom. The number of esters is 1. The summed E-state index contributed by atoms with van der Waals surface area (Å²) in [6.45, 7) is 2.35. The number of ether oxygens (including phenoxy) is 3. The van der Waals surface area contributed by atoms with Gasteiger partial charge < -0.3 is 18.6 Å². The maximum atomic E-state index is 13.0. The molecular formula is C19H14ClFN2O5. The first-order valence-corrected chi connectivity index (χ1v) is 8.78. The second-order valence-electron chi connectivity index (χ2n) is 5.98. The first kappa shape index (κ1) is 18.2. The fourth-order valence-electron chi connectivity index (χ4n) is 2.62. The van der Waals surface area contributed by atoms with Gasteiger partial charge in [-0.15, -0.1) is 10.2 Å². The molecule has 0 fully saturated rings. The molecule has 7 nitrogen and oxygen atoms in total. The number of carbonyl (C=O) groups excluding carboxylic acids is 1. The lowest BCUT2D eigenvalue weighted by Gasteiger charge is -2.20. The van der Waals surface area contributed by atoms with Gasteiger partial charge in [0.25, 0.3) is 5.89 Å². The van der Waals surface area contributed by atoms with Crippen molar-refractivity contribution < 1.29 is 27.8 Å². The molecule has 1 atom stereocenters. The summed E-state index contributed by atoms with van der Waals surface area (Å²) in [5.74, 6) is 0.0847. The predicted octanol–water partition coefficient (Wildman–Crippen LogP) is 4.22.